The number of pyridine rings is 1. The van der Waals surface area contributed by atoms with Crippen molar-refractivity contribution in [3.63, 3.8) is 0 Å². The summed E-state index contributed by atoms with van der Waals surface area (Å²) in [6.45, 7) is 5.92. The van der Waals surface area contributed by atoms with Gasteiger partial charge >= 0.3 is 0 Å². The Bertz CT molecular complexity index is 778. The Labute approximate surface area is 158 Å². The average molecular weight is 370 g/mol. The lowest BCUT2D eigenvalue weighted by Gasteiger charge is -2.28. The molecule has 27 heavy (non-hydrogen) atoms. The zero-order chi connectivity index (χ0) is 18.5. The molecule has 0 saturated carbocycles. The number of nitrogens with one attached hydrogen (secondary N) is 1. The van der Waals surface area contributed by atoms with E-state index in [1.54, 1.807) is 24.5 Å². The van der Waals surface area contributed by atoms with E-state index in [9.17, 15) is 4.79 Å². The highest BCUT2D eigenvalue weighted by molar-refractivity contribution is 5.94. The monoisotopic (exact) mass is 370 g/mol. The molecule has 4 rings (SSSR count). The van der Waals surface area contributed by atoms with Gasteiger partial charge in [0, 0.05) is 24.5 Å². The predicted molar refractivity (Wildman–Crippen MR) is 97.9 cm³/mol. The Morgan fingerprint density at radius 2 is 1.85 bits per heavy atom. The average Bonchev–Trinajstić information content (AvgIpc) is 3.20. The van der Waals surface area contributed by atoms with E-state index >= 15 is 0 Å². The fraction of sp³-hybridized carbons (Fsp3) is 0.400. The van der Waals surface area contributed by atoms with Crippen molar-refractivity contribution in [1.29, 1.82) is 0 Å². The molecule has 0 unspecified atom stereocenters. The summed E-state index contributed by atoms with van der Waals surface area (Å²) in [7, 11) is 0. The number of ether oxygens (including phenoxy) is 3. The van der Waals surface area contributed by atoms with Gasteiger partial charge in [0.05, 0.1) is 26.3 Å². The molecule has 1 aromatic heterocycles. The maximum atomic E-state index is 13.1. The second-order valence-electron chi connectivity index (χ2n) is 6.76. The van der Waals surface area contributed by atoms with Gasteiger partial charge in [-0.1, -0.05) is 6.07 Å². The Balaban J connectivity index is 1.48. The molecule has 2 aliphatic heterocycles. The van der Waals surface area contributed by atoms with Crippen molar-refractivity contribution in [3.05, 3.63) is 53.9 Å². The molecule has 0 bridgehead atoms. The highest BCUT2D eigenvalue weighted by Gasteiger charge is 2.21. The van der Waals surface area contributed by atoms with E-state index in [1.165, 1.54) is 4.90 Å². The van der Waals surface area contributed by atoms with Gasteiger partial charge in [0.1, 0.15) is 13.1 Å². The van der Waals surface area contributed by atoms with Crippen molar-refractivity contribution in [3.8, 4) is 11.5 Å². The van der Waals surface area contributed by atoms with Gasteiger partial charge in [-0.25, -0.2) is 0 Å². The summed E-state index contributed by atoms with van der Waals surface area (Å²) >= 11 is 0. The van der Waals surface area contributed by atoms with Gasteiger partial charge in [-0.2, -0.15) is 0 Å². The Hall–Kier alpha value is -2.64. The van der Waals surface area contributed by atoms with Crippen LogP contribution in [0.4, 0.5) is 0 Å². The van der Waals surface area contributed by atoms with Crippen LogP contribution in [0.15, 0.2) is 42.7 Å². The molecule has 2 aliphatic rings. The molecule has 1 N–H and O–H groups in total. The summed E-state index contributed by atoms with van der Waals surface area (Å²) in [5.41, 5.74) is 1.68. The normalized spacial score (nSPS) is 16.3. The minimum absolute atomic E-state index is 0.0164. The van der Waals surface area contributed by atoms with Crippen LogP contribution in [-0.4, -0.2) is 62.0 Å². The topological polar surface area (TPSA) is 65.3 Å². The first-order chi connectivity index (χ1) is 13.3. The number of aromatic nitrogens is 1. The SMILES string of the molecule is O=C(c1ccncc1)N(CC[NH+]1CCOCC1)Cc1ccc2c(c1)OCO2. The third-order valence-electron chi connectivity index (χ3n) is 4.96. The minimum Gasteiger partial charge on any atom is -0.454 e. The fourth-order valence-electron chi connectivity index (χ4n) is 3.39. The molecule has 142 valence electrons. The lowest BCUT2D eigenvalue weighted by atomic mass is 10.1. The number of hydrogen-bond acceptors (Lipinski definition) is 5. The van der Waals surface area contributed by atoms with Gasteiger partial charge in [-0.15, -0.1) is 0 Å². The van der Waals surface area contributed by atoms with E-state index in [4.69, 9.17) is 14.2 Å². The molecule has 1 saturated heterocycles. The lowest BCUT2D eigenvalue weighted by Crippen LogP contribution is -3.14. The number of rotatable bonds is 6. The van der Waals surface area contributed by atoms with E-state index in [-0.39, 0.29) is 12.7 Å². The number of hydrogen-bond donors (Lipinski definition) is 1. The minimum atomic E-state index is 0.0164. The molecule has 7 nitrogen and oxygen atoms in total. The number of carbonyl (C=O) groups excluding carboxylic acids is 1. The second kappa shape index (κ2) is 8.37. The van der Waals surface area contributed by atoms with E-state index in [0.717, 1.165) is 49.9 Å². The highest BCUT2D eigenvalue weighted by Crippen LogP contribution is 2.32. The summed E-state index contributed by atoms with van der Waals surface area (Å²) in [4.78, 5) is 20.4. The third kappa shape index (κ3) is 4.37. The molecule has 3 heterocycles. The molecule has 0 radical (unpaired) electrons. The smallest absolute Gasteiger partial charge is 0.254 e. The maximum Gasteiger partial charge on any atom is 0.254 e. The number of carbonyl (C=O) groups is 1. The Morgan fingerprint density at radius 1 is 1.07 bits per heavy atom. The van der Waals surface area contributed by atoms with Crippen LogP contribution >= 0.6 is 0 Å². The Kier molecular flexibility index (Phi) is 5.50. The first-order valence-electron chi connectivity index (χ1n) is 9.29. The number of nitrogens with zero attached hydrogens (tertiary/aromatic N) is 2. The zero-order valence-corrected chi connectivity index (χ0v) is 15.2. The van der Waals surface area contributed by atoms with Gasteiger partial charge in [0.25, 0.3) is 5.91 Å². The van der Waals surface area contributed by atoms with Crippen LogP contribution in [0, 0.1) is 0 Å². The van der Waals surface area contributed by atoms with E-state index in [2.05, 4.69) is 4.98 Å². The summed E-state index contributed by atoms with van der Waals surface area (Å²) in [5.74, 6) is 1.51. The number of benzene rings is 1. The summed E-state index contributed by atoms with van der Waals surface area (Å²) in [5, 5.41) is 0. The number of amides is 1. The van der Waals surface area contributed by atoms with Crippen molar-refractivity contribution >= 4 is 5.91 Å². The molecule has 0 atom stereocenters. The molecule has 0 aliphatic carbocycles. The van der Waals surface area contributed by atoms with Crippen molar-refractivity contribution in [2.75, 3.05) is 46.2 Å². The van der Waals surface area contributed by atoms with E-state index in [0.29, 0.717) is 18.7 Å². The van der Waals surface area contributed by atoms with E-state index < -0.39 is 0 Å². The van der Waals surface area contributed by atoms with Crippen molar-refractivity contribution in [2.45, 2.75) is 6.54 Å². The molecule has 2 aromatic rings. The van der Waals surface area contributed by atoms with Crippen molar-refractivity contribution < 1.29 is 23.9 Å². The molecule has 1 fully saturated rings. The number of morpholine rings is 1. The van der Waals surface area contributed by atoms with Crippen LogP contribution in [0.25, 0.3) is 0 Å². The second-order valence-corrected chi connectivity index (χ2v) is 6.76. The summed E-state index contributed by atoms with van der Waals surface area (Å²) < 4.78 is 16.3. The third-order valence-corrected chi connectivity index (χ3v) is 4.96. The van der Waals surface area contributed by atoms with Gasteiger partial charge in [0.2, 0.25) is 6.79 Å². The summed E-state index contributed by atoms with van der Waals surface area (Å²) in [6, 6.07) is 9.37. The van der Waals surface area contributed by atoms with Crippen molar-refractivity contribution in [1.82, 2.24) is 9.88 Å². The molecule has 1 aromatic carbocycles. The van der Waals surface area contributed by atoms with Crippen LogP contribution < -0.4 is 14.4 Å². The van der Waals surface area contributed by atoms with Crippen LogP contribution in [0.5, 0.6) is 11.5 Å². The van der Waals surface area contributed by atoms with Gasteiger partial charge in [-0.05, 0) is 29.8 Å². The standard InChI is InChI=1S/C20H23N3O4/c24-20(17-3-5-21-6-4-17)23(8-7-22-9-11-25-12-10-22)14-16-1-2-18-19(13-16)27-15-26-18/h1-6,13H,7-12,14-15H2/p+1. The fourth-order valence-corrected chi connectivity index (χ4v) is 3.39. The van der Waals surface area contributed by atoms with Crippen LogP contribution in [0.2, 0.25) is 0 Å². The maximum absolute atomic E-state index is 13.1. The predicted octanol–water partition coefficient (Wildman–Crippen LogP) is 0.368. The quantitative estimate of drug-likeness (QED) is 0.796. The molecule has 7 heteroatoms. The zero-order valence-electron chi connectivity index (χ0n) is 15.2. The van der Waals surface area contributed by atoms with Crippen LogP contribution in [0.3, 0.4) is 0 Å². The number of fused-ring (bicyclic) bond motifs is 1. The van der Waals surface area contributed by atoms with Gasteiger partial charge < -0.3 is 24.0 Å². The van der Waals surface area contributed by atoms with Gasteiger partial charge in [-0.3, -0.25) is 9.78 Å². The highest BCUT2D eigenvalue weighted by atomic mass is 16.7. The molecule has 0 spiro atoms. The first-order valence-corrected chi connectivity index (χ1v) is 9.29. The van der Waals surface area contributed by atoms with Crippen molar-refractivity contribution in [2.24, 2.45) is 0 Å². The molecular formula is C20H24N3O4+. The number of quaternary nitrogens is 1. The summed E-state index contributed by atoms with van der Waals surface area (Å²) in [6.07, 6.45) is 3.30. The Morgan fingerprint density at radius 3 is 2.67 bits per heavy atom. The van der Waals surface area contributed by atoms with Crippen LogP contribution in [-0.2, 0) is 11.3 Å². The molecule has 1 amide bonds. The van der Waals surface area contributed by atoms with E-state index in [1.807, 2.05) is 23.1 Å². The van der Waals surface area contributed by atoms with Gasteiger partial charge in [0.15, 0.2) is 11.5 Å². The first kappa shape index (κ1) is 17.8. The lowest BCUT2D eigenvalue weighted by molar-refractivity contribution is -0.907. The van der Waals surface area contributed by atoms with Crippen LogP contribution in [0.1, 0.15) is 15.9 Å². The largest absolute Gasteiger partial charge is 0.454 e. The molecular weight excluding hydrogens is 346 g/mol.